The van der Waals surface area contributed by atoms with E-state index in [1.165, 1.54) is 12.1 Å². The third-order valence-corrected chi connectivity index (χ3v) is 4.95. The van der Waals surface area contributed by atoms with Crippen molar-refractivity contribution in [2.45, 2.75) is 19.0 Å². The molecule has 1 aromatic carbocycles. The first-order chi connectivity index (χ1) is 9.44. The van der Waals surface area contributed by atoms with Gasteiger partial charge in [-0.2, -0.15) is 0 Å². The Morgan fingerprint density at radius 1 is 1.30 bits per heavy atom. The molecule has 7 heteroatoms. The molecule has 1 heterocycles. The average Bonchev–Trinajstić information content (AvgIpc) is 2.75. The van der Waals surface area contributed by atoms with Gasteiger partial charge in [0.05, 0.1) is 18.1 Å². The molecular weight excluding hydrogens is 283 g/mol. The van der Waals surface area contributed by atoms with Gasteiger partial charge in [-0.1, -0.05) is 12.1 Å². The molecule has 1 aromatic rings. The maximum absolute atomic E-state index is 12.7. The highest BCUT2D eigenvalue weighted by molar-refractivity contribution is 7.91. The Hall–Kier alpha value is -1.47. The minimum Gasteiger partial charge on any atom is -0.351 e. The van der Waals surface area contributed by atoms with Crippen molar-refractivity contribution in [3.63, 3.8) is 0 Å². The SMILES string of the molecule is O=C(CNC1CCS(=O)(=O)C1)NCc1ccc(F)cc1. The van der Waals surface area contributed by atoms with Crippen molar-refractivity contribution >= 4 is 15.7 Å². The molecule has 0 bridgehead atoms. The van der Waals surface area contributed by atoms with Crippen LogP contribution in [0.25, 0.3) is 0 Å². The lowest BCUT2D eigenvalue weighted by molar-refractivity contribution is -0.120. The van der Waals surface area contributed by atoms with Crippen molar-refractivity contribution in [2.75, 3.05) is 18.1 Å². The number of benzene rings is 1. The van der Waals surface area contributed by atoms with Gasteiger partial charge in [-0.15, -0.1) is 0 Å². The quantitative estimate of drug-likeness (QED) is 0.815. The normalized spacial score (nSPS) is 20.8. The lowest BCUT2D eigenvalue weighted by atomic mass is 10.2. The third kappa shape index (κ3) is 4.57. The van der Waals surface area contributed by atoms with Gasteiger partial charge in [0, 0.05) is 12.6 Å². The second-order valence-corrected chi connectivity index (χ2v) is 7.11. The highest BCUT2D eigenvalue weighted by atomic mass is 32.2. The van der Waals surface area contributed by atoms with Gasteiger partial charge >= 0.3 is 0 Å². The maximum Gasteiger partial charge on any atom is 0.234 e. The van der Waals surface area contributed by atoms with E-state index in [0.29, 0.717) is 13.0 Å². The van der Waals surface area contributed by atoms with E-state index in [1.54, 1.807) is 12.1 Å². The van der Waals surface area contributed by atoms with Gasteiger partial charge in [-0.3, -0.25) is 4.79 Å². The van der Waals surface area contributed by atoms with Crippen LogP contribution in [0.1, 0.15) is 12.0 Å². The summed E-state index contributed by atoms with van der Waals surface area (Å²) in [5.74, 6) is -0.247. The molecule has 1 saturated heterocycles. The van der Waals surface area contributed by atoms with E-state index < -0.39 is 9.84 Å². The minimum atomic E-state index is -2.93. The van der Waals surface area contributed by atoms with Gasteiger partial charge < -0.3 is 10.6 Å². The Morgan fingerprint density at radius 3 is 2.60 bits per heavy atom. The molecule has 5 nitrogen and oxygen atoms in total. The van der Waals surface area contributed by atoms with Crippen LogP contribution in [-0.4, -0.2) is 38.4 Å². The Kier molecular flexibility index (Phi) is 4.72. The molecule has 2 rings (SSSR count). The summed E-state index contributed by atoms with van der Waals surface area (Å²) in [6, 6.07) is 5.74. The van der Waals surface area contributed by atoms with Crippen LogP contribution < -0.4 is 10.6 Å². The number of amides is 1. The molecule has 2 N–H and O–H groups in total. The summed E-state index contributed by atoms with van der Waals surface area (Å²) in [6.07, 6.45) is 0.549. The molecule has 1 aliphatic heterocycles. The predicted octanol–water partition coefficient (Wildman–Crippen LogP) is 0.219. The van der Waals surface area contributed by atoms with E-state index in [1.807, 2.05) is 0 Å². The fourth-order valence-corrected chi connectivity index (χ4v) is 3.77. The van der Waals surface area contributed by atoms with Crippen molar-refractivity contribution in [1.82, 2.24) is 10.6 Å². The zero-order valence-corrected chi connectivity index (χ0v) is 11.7. The van der Waals surface area contributed by atoms with E-state index >= 15 is 0 Å². The molecule has 0 aromatic heterocycles. The van der Waals surface area contributed by atoms with Crippen LogP contribution >= 0.6 is 0 Å². The monoisotopic (exact) mass is 300 g/mol. The minimum absolute atomic E-state index is 0.0847. The summed E-state index contributed by atoms with van der Waals surface area (Å²) in [5, 5.41) is 5.62. The van der Waals surface area contributed by atoms with Crippen molar-refractivity contribution in [2.24, 2.45) is 0 Å². The standard InChI is InChI=1S/C13H17FN2O3S/c14-11-3-1-10(2-4-11)7-16-13(17)8-15-12-5-6-20(18,19)9-12/h1-4,12,15H,5-9H2,(H,16,17). The van der Waals surface area contributed by atoms with Gasteiger partial charge in [0.2, 0.25) is 5.91 Å². The molecule has 20 heavy (non-hydrogen) atoms. The van der Waals surface area contributed by atoms with Gasteiger partial charge in [0.1, 0.15) is 5.82 Å². The van der Waals surface area contributed by atoms with Crippen LogP contribution in [0.3, 0.4) is 0 Å². The molecule has 1 amide bonds. The number of sulfone groups is 1. The van der Waals surface area contributed by atoms with Crippen LogP contribution in [0, 0.1) is 5.82 Å². The van der Waals surface area contributed by atoms with Crippen LogP contribution in [-0.2, 0) is 21.2 Å². The number of nitrogens with one attached hydrogen (secondary N) is 2. The summed E-state index contributed by atoms with van der Waals surface area (Å²) in [4.78, 5) is 11.6. The molecule has 1 unspecified atom stereocenters. The first kappa shape index (κ1) is 14.9. The Morgan fingerprint density at radius 2 is 2.00 bits per heavy atom. The zero-order valence-electron chi connectivity index (χ0n) is 10.9. The van der Waals surface area contributed by atoms with Crippen LogP contribution in [0.15, 0.2) is 24.3 Å². The number of rotatable bonds is 5. The summed E-state index contributed by atoms with van der Waals surface area (Å²) < 4.78 is 35.2. The molecule has 1 fully saturated rings. The molecule has 0 aliphatic carbocycles. The Balaban J connectivity index is 1.69. The van der Waals surface area contributed by atoms with Crippen molar-refractivity contribution in [3.8, 4) is 0 Å². The second-order valence-electron chi connectivity index (χ2n) is 4.88. The zero-order chi connectivity index (χ0) is 14.6. The van der Waals surface area contributed by atoms with Gasteiger partial charge in [-0.25, -0.2) is 12.8 Å². The average molecular weight is 300 g/mol. The lowest BCUT2D eigenvalue weighted by Gasteiger charge is -2.10. The van der Waals surface area contributed by atoms with Crippen LogP contribution in [0.5, 0.6) is 0 Å². The topological polar surface area (TPSA) is 75.3 Å². The van der Waals surface area contributed by atoms with Crippen molar-refractivity contribution in [3.05, 3.63) is 35.6 Å². The van der Waals surface area contributed by atoms with E-state index in [2.05, 4.69) is 10.6 Å². The number of carbonyl (C=O) groups is 1. The smallest absolute Gasteiger partial charge is 0.234 e. The van der Waals surface area contributed by atoms with Gasteiger partial charge in [0.15, 0.2) is 9.84 Å². The Labute approximate surface area is 117 Å². The molecule has 1 atom stereocenters. The fourth-order valence-electron chi connectivity index (χ4n) is 2.06. The van der Waals surface area contributed by atoms with Crippen molar-refractivity contribution in [1.29, 1.82) is 0 Å². The molecule has 0 spiro atoms. The Bertz CT molecular complexity index is 572. The van der Waals surface area contributed by atoms with E-state index in [0.717, 1.165) is 5.56 Å². The van der Waals surface area contributed by atoms with E-state index in [4.69, 9.17) is 0 Å². The number of carbonyl (C=O) groups excluding carboxylic acids is 1. The summed E-state index contributed by atoms with van der Waals surface area (Å²) in [6.45, 7) is 0.408. The van der Waals surface area contributed by atoms with Gasteiger partial charge in [0.25, 0.3) is 0 Å². The fraction of sp³-hybridized carbons (Fsp3) is 0.462. The molecular formula is C13H17FN2O3S. The predicted molar refractivity (Wildman–Crippen MR) is 73.3 cm³/mol. The lowest BCUT2D eigenvalue weighted by Crippen LogP contribution is -2.39. The van der Waals surface area contributed by atoms with E-state index in [9.17, 15) is 17.6 Å². The van der Waals surface area contributed by atoms with E-state index in [-0.39, 0.29) is 35.8 Å². The van der Waals surface area contributed by atoms with Crippen LogP contribution in [0.2, 0.25) is 0 Å². The first-order valence-electron chi connectivity index (χ1n) is 6.39. The number of hydrogen-bond donors (Lipinski definition) is 2. The first-order valence-corrected chi connectivity index (χ1v) is 8.22. The largest absolute Gasteiger partial charge is 0.351 e. The molecule has 0 radical (unpaired) electrons. The third-order valence-electron chi connectivity index (χ3n) is 3.19. The summed E-state index contributed by atoms with van der Waals surface area (Å²) in [7, 11) is -2.93. The van der Waals surface area contributed by atoms with Crippen molar-refractivity contribution < 1.29 is 17.6 Å². The highest BCUT2D eigenvalue weighted by Gasteiger charge is 2.27. The molecule has 1 aliphatic rings. The highest BCUT2D eigenvalue weighted by Crippen LogP contribution is 2.10. The molecule has 0 saturated carbocycles. The van der Waals surface area contributed by atoms with Crippen LogP contribution in [0.4, 0.5) is 4.39 Å². The van der Waals surface area contributed by atoms with Gasteiger partial charge in [-0.05, 0) is 24.1 Å². The summed E-state index contributed by atoms with van der Waals surface area (Å²) >= 11 is 0. The maximum atomic E-state index is 12.7. The number of halogens is 1. The summed E-state index contributed by atoms with van der Waals surface area (Å²) in [5.41, 5.74) is 0.809. The second kappa shape index (κ2) is 6.32. The number of hydrogen-bond acceptors (Lipinski definition) is 4. The molecule has 110 valence electrons.